The smallest absolute Gasteiger partial charge is 0.160 e. The molecule has 2 bridgehead atoms. The van der Waals surface area contributed by atoms with Crippen molar-refractivity contribution in [2.45, 2.75) is 31.3 Å². The SMILES string of the molecule is Nc1cc(C2C3CCC(CC3=O)N2c2ccc(F)c(F)c2)ccc1O. The zero-order valence-corrected chi connectivity index (χ0v) is 13.5. The molecule has 3 unspecified atom stereocenters. The lowest BCUT2D eigenvalue weighted by atomic mass is 9.71. The molecule has 0 amide bonds. The van der Waals surface area contributed by atoms with Gasteiger partial charge in [0.25, 0.3) is 0 Å². The Hall–Kier alpha value is -2.63. The molecule has 2 heterocycles. The number of nitrogens with zero attached hydrogens (tertiary/aromatic N) is 1. The Morgan fingerprint density at radius 1 is 1.08 bits per heavy atom. The number of anilines is 2. The van der Waals surface area contributed by atoms with Crippen molar-refractivity contribution >= 4 is 17.2 Å². The third kappa shape index (κ3) is 2.52. The molecule has 3 aliphatic rings. The van der Waals surface area contributed by atoms with Gasteiger partial charge in [-0.1, -0.05) is 6.07 Å². The fraction of sp³-hybridized carbons (Fsp3) is 0.316. The second kappa shape index (κ2) is 5.72. The molecule has 2 aromatic carbocycles. The molecule has 1 saturated carbocycles. The molecule has 6 heteroatoms. The maximum atomic E-state index is 13.8. The van der Waals surface area contributed by atoms with Crippen molar-refractivity contribution in [3.63, 3.8) is 0 Å². The fourth-order valence-electron chi connectivity index (χ4n) is 4.18. The molecular formula is C19H18F2N2O2. The molecule has 5 rings (SSSR count). The van der Waals surface area contributed by atoms with Gasteiger partial charge in [0, 0.05) is 30.1 Å². The van der Waals surface area contributed by atoms with E-state index in [-0.39, 0.29) is 35.2 Å². The highest BCUT2D eigenvalue weighted by atomic mass is 19.2. The van der Waals surface area contributed by atoms with E-state index in [1.807, 2.05) is 4.90 Å². The van der Waals surface area contributed by atoms with Crippen LogP contribution in [0.15, 0.2) is 36.4 Å². The number of rotatable bonds is 2. The van der Waals surface area contributed by atoms with Gasteiger partial charge >= 0.3 is 0 Å². The van der Waals surface area contributed by atoms with Crippen molar-refractivity contribution in [1.82, 2.24) is 0 Å². The zero-order valence-electron chi connectivity index (χ0n) is 13.5. The van der Waals surface area contributed by atoms with Crippen molar-refractivity contribution in [3.8, 4) is 5.75 Å². The number of nitrogen functional groups attached to an aromatic ring is 1. The molecule has 2 saturated heterocycles. The standard InChI is InChI=1S/C19H18F2N2O2/c20-14-5-3-11(8-15(14)21)23-12-2-4-13(18(25)9-12)19(23)10-1-6-17(24)16(22)7-10/h1,3,5-8,12-13,19,24H,2,4,9,22H2. The molecule has 3 atom stereocenters. The third-order valence-corrected chi connectivity index (χ3v) is 5.33. The molecule has 0 spiro atoms. The molecular weight excluding hydrogens is 326 g/mol. The van der Waals surface area contributed by atoms with E-state index in [9.17, 15) is 18.7 Å². The number of carbonyl (C=O) groups excluding carboxylic acids is 1. The van der Waals surface area contributed by atoms with E-state index in [0.717, 1.165) is 24.5 Å². The highest BCUT2D eigenvalue weighted by Gasteiger charge is 2.47. The number of benzene rings is 2. The van der Waals surface area contributed by atoms with Crippen LogP contribution >= 0.6 is 0 Å². The predicted octanol–water partition coefficient (Wildman–Crippen LogP) is 3.55. The normalized spacial score (nSPS) is 25.4. The van der Waals surface area contributed by atoms with Gasteiger partial charge in [-0.15, -0.1) is 0 Å². The number of phenols is 1. The minimum atomic E-state index is -0.908. The first-order valence-corrected chi connectivity index (χ1v) is 8.30. The monoisotopic (exact) mass is 344 g/mol. The maximum Gasteiger partial charge on any atom is 0.160 e. The predicted molar refractivity (Wildman–Crippen MR) is 90.2 cm³/mol. The van der Waals surface area contributed by atoms with Gasteiger partial charge in [0.05, 0.1) is 11.7 Å². The number of aromatic hydroxyl groups is 1. The van der Waals surface area contributed by atoms with Crippen LogP contribution in [0.5, 0.6) is 5.75 Å². The molecule has 4 nitrogen and oxygen atoms in total. The number of hydrogen-bond donors (Lipinski definition) is 2. The summed E-state index contributed by atoms with van der Waals surface area (Å²) in [5.41, 5.74) is 7.41. The van der Waals surface area contributed by atoms with Crippen LogP contribution in [-0.2, 0) is 4.79 Å². The number of phenolic OH excluding ortho intramolecular Hbond substituents is 1. The van der Waals surface area contributed by atoms with Crippen molar-refractivity contribution < 1.29 is 18.7 Å². The van der Waals surface area contributed by atoms with E-state index in [0.29, 0.717) is 12.1 Å². The Morgan fingerprint density at radius 3 is 2.56 bits per heavy atom. The second-order valence-electron chi connectivity index (χ2n) is 6.78. The van der Waals surface area contributed by atoms with Crippen molar-refractivity contribution in [3.05, 3.63) is 53.6 Å². The third-order valence-electron chi connectivity index (χ3n) is 5.33. The summed E-state index contributed by atoms with van der Waals surface area (Å²) in [6.45, 7) is 0. The number of carbonyl (C=O) groups is 1. The van der Waals surface area contributed by atoms with Crippen LogP contribution in [0, 0.1) is 17.6 Å². The van der Waals surface area contributed by atoms with Gasteiger partial charge < -0.3 is 15.7 Å². The summed E-state index contributed by atoms with van der Waals surface area (Å²) in [6, 6.07) is 8.36. The average Bonchev–Trinajstić information content (AvgIpc) is 2.59. The molecule has 130 valence electrons. The lowest BCUT2D eigenvalue weighted by molar-refractivity contribution is -0.128. The van der Waals surface area contributed by atoms with E-state index in [4.69, 9.17) is 5.73 Å². The number of halogens is 2. The Morgan fingerprint density at radius 2 is 1.88 bits per heavy atom. The number of nitrogens with two attached hydrogens (primary N) is 1. The number of hydrogen-bond acceptors (Lipinski definition) is 4. The zero-order chi connectivity index (χ0) is 17.7. The molecule has 0 radical (unpaired) electrons. The second-order valence-corrected chi connectivity index (χ2v) is 6.78. The maximum absolute atomic E-state index is 13.8. The van der Waals surface area contributed by atoms with Gasteiger partial charge in [-0.3, -0.25) is 4.79 Å². The molecule has 3 N–H and O–H groups in total. The van der Waals surface area contributed by atoms with E-state index in [1.165, 1.54) is 12.1 Å². The first-order valence-electron chi connectivity index (χ1n) is 8.30. The van der Waals surface area contributed by atoms with E-state index < -0.39 is 11.6 Å². The highest BCUT2D eigenvalue weighted by molar-refractivity contribution is 5.86. The highest BCUT2D eigenvalue weighted by Crippen LogP contribution is 2.48. The van der Waals surface area contributed by atoms with Gasteiger partial charge in [-0.05, 0) is 42.7 Å². The van der Waals surface area contributed by atoms with E-state index >= 15 is 0 Å². The van der Waals surface area contributed by atoms with Crippen LogP contribution < -0.4 is 10.6 Å². The van der Waals surface area contributed by atoms with Crippen LogP contribution in [-0.4, -0.2) is 16.9 Å². The van der Waals surface area contributed by atoms with Crippen LogP contribution in [0.25, 0.3) is 0 Å². The number of piperidine rings is 2. The first-order chi connectivity index (χ1) is 12.0. The topological polar surface area (TPSA) is 66.6 Å². The molecule has 0 aromatic heterocycles. The molecule has 2 aliphatic heterocycles. The van der Waals surface area contributed by atoms with Gasteiger partial charge in [0.1, 0.15) is 11.5 Å². The minimum Gasteiger partial charge on any atom is -0.506 e. The van der Waals surface area contributed by atoms with E-state index in [2.05, 4.69) is 0 Å². The average molecular weight is 344 g/mol. The van der Waals surface area contributed by atoms with Crippen LogP contribution in [0.4, 0.5) is 20.2 Å². The van der Waals surface area contributed by atoms with Crippen LogP contribution in [0.2, 0.25) is 0 Å². The summed E-state index contributed by atoms with van der Waals surface area (Å²) in [5.74, 6) is -1.86. The van der Waals surface area contributed by atoms with Crippen molar-refractivity contribution in [2.24, 2.45) is 5.92 Å². The first kappa shape index (κ1) is 15.9. The molecule has 25 heavy (non-hydrogen) atoms. The molecule has 1 aliphatic carbocycles. The van der Waals surface area contributed by atoms with Crippen molar-refractivity contribution in [2.75, 3.05) is 10.6 Å². The summed E-state index contributed by atoms with van der Waals surface area (Å²) in [6.07, 6.45) is 2.00. The lowest BCUT2D eigenvalue weighted by Crippen LogP contribution is -2.54. The van der Waals surface area contributed by atoms with Crippen LogP contribution in [0.1, 0.15) is 30.9 Å². The molecule has 3 fully saturated rings. The van der Waals surface area contributed by atoms with Gasteiger partial charge in [0.15, 0.2) is 11.6 Å². The quantitative estimate of drug-likeness (QED) is 0.646. The van der Waals surface area contributed by atoms with Gasteiger partial charge in [-0.25, -0.2) is 8.78 Å². The summed E-state index contributed by atoms with van der Waals surface area (Å²) in [5, 5.41) is 9.68. The van der Waals surface area contributed by atoms with Gasteiger partial charge in [-0.2, -0.15) is 0 Å². The number of fused-ring (bicyclic) bond motifs is 3. The number of ketones is 1. The summed E-state index contributed by atoms with van der Waals surface area (Å²) < 4.78 is 27.1. The Balaban J connectivity index is 1.83. The lowest BCUT2D eigenvalue weighted by Gasteiger charge is -2.52. The largest absolute Gasteiger partial charge is 0.506 e. The Labute approximate surface area is 143 Å². The Kier molecular flexibility index (Phi) is 3.63. The minimum absolute atomic E-state index is 0.0181. The number of Topliss-reactive ketones (excluding diaryl/α,β-unsaturated/α-hetero) is 1. The van der Waals surface area contributed by atoms with Crippen LogP contribution in [0.3, 0.4) is 0 Å². The van der Waals surface area contributed by atoms with Gasteiger partial charge in [0.2, 0.25) is 0 Å². The van der Waals surface area contributed by atoms with E-state index in [1.54, 1.807) is 18.2 Å². The summed E-state index contributed by atoms with van der Waals surface area (Å²) in [7, 11) is 0. The summed E-state index contributed by atoms with van der Waals surface area (Å²) >= 11 is 0. The Bertz CT molecular complexity index is 855. The summed E-state index contributed by atoms with van der Waals surface area (Å²) in [4.78, 5) is 14.5. The molecule has 2 aromatic rings. The van der Waals surface area contributed by atoms with Crippen molar-refractivity contribution in [1.29, 1.82) is 0 Å². The fourth-order valence-corrected chi connectivity index (χ4v) is 4.18.